The first kappa shape index (κ1) is 17.5. The molecule has 4 rings (SSSR count). The number of hydrogen-bond acceptors (Lipinski definition) is 2. The predicted octanol–water partition coefficient (Wildman–Crippen LogP) is 3.26. The van der Waals surface area contributed by atoms with Crippen LogP contribution in [-0.4, -0.2) is 30.6 Å². The minimum absolute atomic E-state index is 0.0517. The lowest BCUT2D eigenvalue weighted by atomic mass is 10.1. The Labute approximate surface area is 157 Å². The van der Waals surface area contributed by atoms with Crippen LogP contribution >= 0.6 is 0 Å². The van der Waals surface area contributed by atoms with Crippen molar-refractivity contribution >= 4 is 23.3 Å². The summed E-state index contributed by atoms with van der Waals surface area (Å²) in [6.07, 6.45) is 1.29. The Morgan fingerprint density at radius 3 is 2.70 bits per heavy atom. The second-order valence-electron chi connectivity index (χ2n) is 7.20. The fourth-order valence-corrected chi connectivity index (χ4v) is 4.04. The highest BCUT2D eigenvalue weighted by Crippen LogP contribution is 2.33. The van der Waals surface area contributed by atoms with Gasteiger partial charge in [0.2, 0.25) is 5.91 Å². The van der Waals surface area contributed by atoms with Gasteiger partial charge < -0.3 is 10.2 Å². The Morgan fingerprint density at radius 2 is 1.89 bits per heavy atom. The number of carbonyl (C=O) groups excluding carboxylic acids is 2. The van der Waals surface area contributed by atoms with E-state index in [-0.39, 0.29) is 23.8 Å². The normalized spacial score (nSPS) is 18.9. The third kappa shape index (κ3) is 2.95. The smallest absolute Gasteiger partial charge is 0.322 e. The zero-order valence-electron chi connectivity index (χ0n) is 15.4. The summed E-state index contributed by atoms with van der Waals surface area (Å²) >= 11 is 0. The van der Waals surface area contributed by atoms with Crippen LogP contribution in [0.4, 0.5) is 20.6 Å². The highest BCUT2D eigenvalue weighted by Gasteiger charge is 2.35. The molecule has 0 saturated heterocycles. The van der Waals surface area contributed by atoms with Gasteiger partial charge in [-0.05, 0) is 50.5 Å². The lowest BCUT2D eigenvalue weighted by Crippen LogP contribution is -2.52. The highest BCUT2D eigenvalue weighted by molar-refractivity contribution is 6.03. The Kier molecular flexibility index (Phi) is 4.34. The summed E-state index contributed by atoms with van der Waals surface area (Å²) < 4.78 is 13.9. The number of para-hydroxylation sites is 1. The number of halogens is 1. The number of rotatable bonds is 2. The van der Waals surface area contributed by atoms with E-state index in [1.54, 1.807) is 24.0 Å². The molecule has 6 heteroatoms. The molecule has 2 aliphatic rings. The standard InChI is InChI=1S/C21H22FN3O2/c1-13-12-15-6-3-4-8-18(15)25(13)20(26)14(2)23-21(27)24-11-10-16-17(22)7-5-9-19(16)24/h3-9,13-14H,10-12H2,1-2H3,(H,23,27). The number of urea groups is 1. The van der Waals surface area contributed by atoms with E-state index in [1.165, 1.54) is 11.0 Å². The number of anilines is 2. The molecule has 2 heterocycles. The SMILES string of the molecule is CC(NC(=O)N1CCc2c(F)cccc21)C(=O)N1c2ccccc2CC1C. The van der Waals surface area contributed by atoms with Gasteiger partial charge in [-0.15, -0.1) is 0 Å². The average Bonchev–Trinajstić information content (AvgIpc) is 3.22. The maximum atomic E-state index is 13.9. The van der Waals surface area contributed by atoms with Crippen molar-refractivity contribution in [1.29, 1.82) is 0 Å². The first-order chi connectivity index (χ1) is 13.0. The van der Waals surface area contributed by atoms with Crippen molar-refractivity contribution in [2.24, 2.45) is 0 Å². The van der Waals surface area contributed by atoms with E-state index in [9.17, 15) is 14.0 Å². The minimum Gasteiger partial charge on any atom is -0.326 e. The number of nitrogens with zero attached hydrogens (tertiary/aromatic N) is 2. The van der Waals surface area contributed by atoms with Crippen LogP contribution in [0.1, 0.15) is 25.0 Å². The number of carbonyl (C=O) groups is 2. The van der Waals surface area contributed by atoms with Crippen LogP contribution in [0.25, 0.3) is 0 Å². The zero-order chi connectivity index (χ0) is 19.1. The largest absolute Gasteiger partial charge is 0.326 e. The molecule has 0 aromatic heterocycles. The third-order valence-corrected chi connectivity index (χ3v) is 5.37. The van der Waals surface area contributed by atoms with Crippen LogP contribution in [0.3, 0.4) is 0 Å². The van der Waals surface area contributed by atoms with E-state index in [2.05, 4.69) is 5.32 Å². The molecule has 2 unspecified atom stereocenters. The van der Waals surface area contributed by atoms with Crippen LogP contribution < -0.4 is 15.1 Å². The van der Waals surface area contributed by atoms with Gasteiger partial charge in [0.25, 0.3) is 0 Å². The molecule has 2 aromatic rings. The van der Waals surface area contributed by atoms with Crippen LogP contribution in [0.5, 0.6) is 0 Å². The number of benzene rings is 2. The van der Waals surface area contributed by atoms with Crippen LogP contribution in [-0.2, 0) is 17.6 Å². The summed E-state index contributed by atoms with van der Waals surface area (Å²) in [4.78, 5) is 29.0. The van der Waals surface area contributed by atoms with Gasteiger partial charge in [0.15, 0.2) is 0 Å². The van der Waals surface area contributed by atoms with E-state index in [0.29, 0.717) is 24.2 Å². The maximum Gasteiger partial charge on any atom is 0.322 e. The molecule has 0 spiro atoms. The van der Waals surface area contributed by atoms with Crippen LogP contribution in [0, 0.1) is 5.82 Å². The topological polar surface area (TPSA) is 52.7 Å². The molecular weight excluding hydrogens is 345 g/mol. The van der Waals surface area contributed by atoms with Gasteiger partial charge in [-0.3, -0.25) is 9.69 Å². The number of hydrogen-bond donors (Lipinski definition) is 1. The summed E-state index contributed by atoms with van der Waals surface area (Å²) in [7, 11) is 0. The summed E-state index contributed by atoms with van der Waals surface area (Å²) in [5.74, 6) is -0.436. The number of amides is 3. The molecule has 2 atom stereocenters. The molecule has 5 nitrogen and oxygen atoms in total. The first-order valence-electron chi connectivity index (χ1n) is 9.23. The second kappa shape index (κ2) is 6.68. The fourth-order valence-electron chi connectivity index (χ4n) is 4.04. The Morgan fingerprint density at radius 1 is 1.15 bits per heavy atom. The van der Waals surface area contributed by atoms with Gasteiger partial charge in [-0.1, -0.05) is 24.3 Å². The van der Waals surface area contributed by atoms with Crippen molar-refractivity contribution in [3.05, 3.63) is 59.4 Å². The predicted molar refractivity (Wildman–Crippen MR) is 103 cm³/mol. The van der Waals surface area contributed by atoms with E-state index >= 15 is 0 Å². The van der Waals surface area contributed by atoms with Gasteiger partial charge in [0, 0.05) is 23.8 Å². The highest BCUT2D eigenvalue weighted by atomic mass is 19.1. The molecular formula is C21H22FN3O2. The molecule has 0 radical (unpaired) electrons. The van der Waals surface area contributed by atoms with E-state index in [4.69, 9.17) is 0 Å². The van der Waals surface area contributed by atoms with Gasteiger partial charge in [0.05, 0.1) is 5.69 Å². The molecule has 0 bridgehead atoms. The quantitative estimate of drug-likeness (QED) is 0.886. The summed E-state index contributed by atoms with van der Waals surface area (Å²) in [5, 5.41) is 2.78. The van der Waals surface area contributed by atoms with Crippen molar-refractivity contribution in [3.8, 4) is 0 Å². The maximum absolute atomic E-state index is 13.9. The molecule has 1 N–H and O–H groups in total. The molecule has 3 amide bonds. The van der Waals surface area contributed by atoms with Crippen LogP contribution in [0.2, 0.25) is 0 Å². The average molecular weight is 367 g/mol. The summed E-state index contributed by atoms with van der Waals surface area (Å²) in [6.45, 7) is 4.11. The van der Waals surface area contributed by atoms with Gasteiger partial charge >= 0.3 is 6.03 Å². The molecule has 0 fully saturated rings. The summed E-state index contributed by atoms with van der Waals surface area (Å²) in [6, 6.07) is 11.6. The zero-order valence-corrected chi connectivity index (χ0v) is 15.4. The van der Waals surface area contributed by atoms with E-state index in [0.717, 1.165) is 17.7 Å². The number of nitrogens with one attached hydrogen (secondary N) is 1. The van der Waals surface area contributed by atoms with Crippen molar-refractivity contribution in [3.63, 3.8) is 0 Å². The third-order valence-electron chi connectivity index (χ3n) is 5.37. The molecule has 0 aliphatic carbocycles. The first-order valence-corrected chi connectivity index (χ1v) is 9.23. The van der Waals surface area contributed by atoms with Crippen molar-refractivity contribution in [1.82, 2.24) is 5.32 Å². The van der Waals surface area contributed by atoms with Crippen molar-refractivity contribution in [2.75, 3.05) is 16.3 Å². The fraction of sp³-hybridized carbons (Fsp3) is 0.333. The monoisotopic (exact) mass is 367 g/mol. The Hall–Kier alpha value is -2.89. The van der Waals surface area contributed by atoms with E-state index < -0.39 is 6.04 Å². The molecule has 27 heavy (non-hydrogen) atoms. The van der Waals surface area contributed by atoms with Gasteiger partial charge in [-0.25, -0.2) is 9.18 Å². The molecule has 140 valence electrons. The van der Waals surface area contributed by atoms with Gasteiger partial charge in [-0.2, -0.15) is 0 Å². The Balaban J connectivity index is 1.49. The van der Waals surface area contributed by atoms with E-state index in [1.807, 2.05) is 31.2 Å². The number of fused-ring (bicyclic) bond motifs is 2. The van der Waals surface area contributed by atoms with Crippen molar-refractivity contribution < 1.29 is 14.0 Å². The minimum atomic E-state index is -0.677. The lowest BCUT2D eigenvalue weighted by Gasteiger charge is -2.28. The molecule has 0 saturated carbocycles. The Bertz CT molecular complexity index is 914. The summed E-state index contributed by atoms with van der Waals surface area (Å²) in [5.41, 5.74) is 3.17. The van der Waals surface area contributed by atoms with Crippen LogP contribution in [0.15, 0.2) is 42.5 Å². The van der Waals surface area contributed by atoms with Gasteiger partial charge in [0.1, 0.15) is 11.9 Å². The molecule has 2 aromatic carbocycles. The lowest BCUT2D eigenvalue weighted by molar-refractivity contribution is -0.120. The molecule has 2 aliphatic heterocycles. The van der Waals surface area contributed by atoms with Crippen molar-refractivity contribution in [2.45, 2.75) is 38.8 Å². The second-order valence-corrected chi connectivity index (χ2v) is 7.20.